The highest BCUT2D eigenvalue weighted by molar-refractivity contribution is 5.92. The number of carbonyl (C=O) groups is 1. The lowest BCUT2D eigenvalue weighted by atomic mass is 10.1. The van der Waals surface area contributed by atoms with Crippen molar-refractivity contribution < 1.29 is 4.79 Å². The van der Waals surface area contributed by atoms with Crippen molar-refractivity contribution in [2.75, 3.05) is 5.32 Å². The molecule has 5 aromatic rings. The number of para-hydroxylation sites is 1. The second-order valence-corrected chi connectivity index (χ2v) is 8.52. The summed E-state index contributed by atoms with van der Waals surface area (Å²) < 4.78 is 1.53. The first-order chi connectivity index (χ1) is 18.0. The van der Waals surface area contributed by atoms with Crippen LogP contribution in [0.25, 0.3) is 33.8 Å². The number of aromatic amines is 1. The number of amides is 1. The topological polar surface area (TPSA) is 116 Å². The zero-order chi connectivity index (χ0) is 25.8. The van der Waals surface area contributed by atoms with Gasteiger partial charge in [-0.25, -0.2) is 4.98 Å². The van der Waals surface area contributed by atoms with Crippen molar-refractivity contribution in [1.29, 1.82) is 5.26 Å². The number of nitriles is 1. The Bertz CT molecular complexity index is 1740. The van der Waals surface area contributed by atoms with Crippen LogP contribution in [0, 0.1) is 18.3 Å². The minimum absolute atomic E-state index is 0.0193. The third kappa shape index (κ3) is 5.21. The number of aryl methyl sites for hydroxylation is 1. The molecule has 0 unspecified atom stereocenters. The molecule has 0 spiro atoms. The van der Waals surface area contributed by atoms with E-state index in [0.717, 1.165) is 11.1 Å². The van der Waals surface area contributed by atoms with Crippen molar-refractivity contribution in [3.63, 3.8) is 0 Å². The number of benzene rings is 3. The van der Waals surface area contributed by atoms with Crippen LogP contribution in [0.3, 0.4) is 0 Å². The molecule has 0 fully saturated rings. The predicted molar refractivity (Wildman–Crippen MR) is 143 cm³/mol. The molecule has 0 aliphatic heterocycles. The molecule has 0 saturated heterocycles. The molecule has 0 aliphatic carbocycles. The Balaban J connectivity index is 1.52. The van der Waals surface area contributed by atoms with Gasteiger partial charge < -0.3 is 10.3 Å². The van der Waals surface area contributed by atoms with Crippen LogP contribution in [0.4, 0.5) is 5.69 Å². The zero-order valence-corrected chi connectivity index (χ0v) is 20.0. The molecule has 2 N–H and O–H groups in total. The molecule has 5 rings (SSSR count). The van der Waals surface area contributed by atoms with Crippen LogP contribution in [-0.4, -0.2) is 25.7 Å². The fourth-order valence-electron chi connectivity index (χ4n) is 4.04. The molecule has 2 heterocycles. The van der Waals surface area contributed by atoms with Crippen molar-refractivity contribution in [3.05, 3.63) is 112 Å². The second-order valence-electron chi connectivity index (χ2n) is 8.52. The van der Waals surface area contributed by atoms with Crippen molar-refractivity contribution in [2.45, 2.75) is 13.5 Å². The molecule has 1 amide bonds. The molecule has 8 nitrogen and oxygen atoms in total. The van der Waals surface area contributed by atoms with Crippen LogP contribution in [0.5, 0.6) is 0 Å². The summed E-state index contributed by atoms with van der Waals surface area (Å²) in [6.07, 6.45) is 3.33. The van der Waals surface area contributed by atoms with Crippen LogP contribution < -0.4 is 10.9 Å². The van der Waals surface area contributed by atoms with Gasteiger partial charge in [0.05, 0.1) is 22.2 Å². The number of aromatic nitrogens is 4. The zero-order valence-electron chi connectivity index (χ0n) is 20.0. The van der Waals surface area contributed by atoms with Crippen LogP contribution in [0.1, 0.15) is 17.0 Å². The highest BCUT2D eigenvalue weighted by Crippen LogP contribution is 2.26. The number of nitrogens with one attached hydrogen (secondary N) is 2. The number of fused-ring (bicyclic) bond motifs is 1. The number of allylic oxidation sites excluding steroid dienone is 1. The lowest BCUT2D eigenvalue weighted by Crippen LogP contribution is -2.19. The van der Waals surface area contributed by atoms with Crippen LogP contribution >= 0.6 is 0 Å². The van der Waals surface area contributed by atoms with E-state index >= 15 is 0 Å². The minimum atomic E-state index is -0.325. The molecule has 8 heteroatoms. The summed E-state index contributed by atoms with van der Waals surface area (Å²) in [5.74, 6) is -0.0700. The van der Waals surface area contributed by atoms with Gasteiger partial charge in [0.15, 0.2) is 5.82 Å². The standard InChI is InChI=1S/C29H22N6O2/c1-19-8-7-11-23(14-19)31-26(36)18-35-17-22(27(34-35)20-9-3-2-4-10-20)15-21(16-30)28-32-25-13-6-5-12-24(25)29(37)33-28/h2-15,17H,18H2,1H3,(H,31,36)(H,32,33,37)/b21-15+. The van der Waals surface area contributed by atoms with Gasteiger partial charge in [-0.2, -0.15) is 10.4 Å². The van der Waals surface area contributed by atoms with Crippen LogP contribution in [0.15, 0.2) is 89.9 Å². The number of nitrogens with zero attached hydrogens (tertiary/aromatic N) is 4. The second kappa shape index (κ2) is 10.1. The number of hydrogen-bond donors (Lipinski definition) is 2. The van der Waals surface area contributed by atoms with E-state index in [1.165, 1.54) is 4.68 Å². The first-order valence-electron chi connectivity index (χ1n) is 11.6. The smallest absolute Gasteiger partial charge is 0.259 e. The first-order valence-corrected chi connectivity index (χ1v) is 11.6. The molecule has 0 bridgehead atoms. The number of H-pyrrole nitrogens is 1. The van der Waals surface area contributed by atoms with Crippen LogP contribution in [0.2, 0.25) is 0 Å². The van der Waals surface area contributed by atoms with Gasteiger partial charge in [-0.15, -0.1) is 0 Å². The molecule has 37 heavy (non-hydrogen) atoms. The van der Waals surface area contributed by atoms with E-state index in [0.29, 0.717) is 27.8 Å². The third-order valence-electron chi connectivity index (χ3n) is 5.73. The molecular weight excluding hydrogens is 464 g/mol. The maximum absolute atomic E-state index is 12.7. The average molecular weight is 487 g/mol. The summed E-state index contributed by atoms with van der Waals surface area (Å²) in [5.41, 5.74) is 4.12. The Hall–Kier alpha value is -5.29. The lowest BCUT2D eigenvalue weighted by molar-refractivity contribution is -0.116. The largest absolute Gasteiger partial charge is 0.324 e. The molecule has 0 saturated carbocycles. The van der Waals surface area contributed by atoms with E-state index in [1.54, 1.807) is 36.5 Å². The molecule has 3 aromatic carbocycles. The van der Waals surface area contributed by atoms with Crippen molar-refractivity contribution >= 4 is 34.1 Å². The Morgan fingerprint density at radius 3 is 2.65 bits per heavy atom. The highest BCUT2D eigenvalue weighted by Gasteiger charge is 2.15. The van der Waals surface area contributed by atoms with E-state index in [1.807, 2.05) is 61.5 Å². The minimum Gasteiger partial charge on any atom is -0.324 e. The van der Waals surface area contributed by atoms with E-state index in [2.05, 4.69) is 26.5 Å². The number of carbonyl (C=O) groups excluding carboxylic acids is 1. The third-order valence-corrected chi connectivity index (χ3v) is 5.73. The summed E-state index contributed by atoms with van der Waals surface area (Å²) in [6.45, 7) is 1.94. The summed E-state index contributed by atoms with van der Waals surface area (Å²) in [7, 11) is 0. The summed E-state index contributed by atoms with van der Waals surface area (Å²) in [6, 6.07) is 26.1. The normalized spacial score (nSPS) is 11.3. The highest BCUT2D eigenvalue weighted by atomic mass is 16.2. The van der Waals surface area contributed by atoms with E-state index in [9.17, 15) is 14.9 Å². The van der Waals surface area contributed by atoms with E-state index < -0.39 is 0 Å². The fourth-order valence-corrected chi connectivity index (χ4v) is 4.04. The van der Waals surface area contributed by atoms with Gasteiger partial charge in [-0.1, -0.05) is 54.6 Å². The average Bonchev–Trinajstić information content (AvgIpc) is 3.29. The quantitative estimate of drug-likeness (QED) is 0.335. The molecule has 0 atom stereocenters. The van der Waals surface area contributed by atoms with Gasteiger partial charge in [0.25, 0.3) is 5.56 Å². The fraction of sp³-hybridized carbons (Fsp3) is 0.0690. The molecule has 0 aliphatic rings. The van der Waals surface area contributed by atoms with E-state index in [-0.39, 0.29) is 29.4 Å². The molecular formula is C29H22N6O2. The first kappa shape index (κ1) is 23.5. The molecule has 2 aromatic heterocycles. The SMILES string of the molecule is Cc1cccc(NC(=O)Cn2cc(/C=C(\C#N)c3nc4ccccc4c(=O)[nH]3)c(-c3ccccc3)n2)c1. The Labute approximate surface area is 212 Å². The van der Waals surface area contributed by atoms with Gasteiger partial charge >= 0.3 is 0 Å². The Kier molecular flexibility index (Phi) is 6.43. The van der Waals surface area contributed by atoms with E-state index in [4.69, 9.17) is 0 Å². The molecule has 0 radical (unpaired) electrons. The monoisotopic (exact) mass is 486 g/mol. The van der Waals surface area contributed by atoms with Crippen LogP contribution in [-0.2, 0) is 11.3 Å². The van der Waals surface area contributed by atoms with Crippen molar-refractivity contribution in [1.82, 2.24) is 19.7 Å². The Morgan fingerprint density at radius 2 is 1.86 bits per heavy atom. The van der Waals surface area contributed by atoms with Gasteiger partial charge in [-0.05, 0) is 42.8 Å². The maximum Gasteiger partial charge on any atom is 0.259 e. The van der Waals surface area contributed by atoms with Gasteiger partial charge in [-0.3, -0.25) is 14.3 Å². The number of hydrogen-bond acceptors (Lipinski definition) is 5. The number of anilines is 1. The predicted octanol–water partition coefficient (Wildman–Crippen LogP) is 4.80. The molecule has 180 valence electrons. The summed E-state index contributed by atoms with van der Waals surface area (Å²) in [5, 5.41) is 17.9. The summed E-state index contributed by atoms with van der Waals surface area (Å²) >= 11 is 0. The lowest BCUT2D eigenvalue weighted by Gasteiger charge is -2.06. The van der Waals surface area contributed by atoms with Crippen molar-refractivity contribution in [2.24, 2.45) is 0 Å². The summed E-state index contributed by atoms with van der Waals surface area (Å²) in [4.78, 5) is 32.5. The maximum atomic E-state index is 12.7. The van der Waals surface area contributed by atoms with Crippen molar-refractivity contribution in [3.8, 4) is 17.3 Å². The van der Waals surface area contributed by atoms with Gasteiger partial charge in [0, 0.05) is 23.0 Å². The Morgan fingerprint density at radius 1 is 1.08 bits per heavy atom. The van der Waals surface area contributed by atoms with Gasteiger partial charge in [0.1, 0.15) is 12.6 Å². The van der Waals surface area contributed by atoms with Gasteiger partial charge in [0.2, 0.25) is 5.91 Å². The number of rotatable bonds is 6.